The zero-order chi connectivity index (χ0) is 18.7. The number of nitrogens with zero attached hydrogens (tertiary/aromatic N) is 1. The summed E-state index contributed by atoms with van der Waals surface area (Å²) in [4.78, 5) is 37.5. The SMILES string of the molecule is CC(C)CCNC(=O)c1cccc(N2NC(=O)[C@H]3CC=CC[C@@H]3C2=O)c1. The van der Waals surface area contributed by atoms with E-state index in [1.807, 2.05) is 12.2 Å². The Balaban J connectivity index is 1.75. The van der Waals surface area contributed by atoms with Gasteiger partial charge < -0.3 is 5.32 Å². The number of hydrazine groups is 1. The number of nitrogens with one attached hydrogen (secondary N) is 2. The fourth-order valence-corrected chi connectivity index (χ4v) is 3.35. The van der Waals surface area contributed by atoms with E-state index in [1.54, 1.807) is 24.3 Å². The molecule has 2 atom stereocenters. The quantitative estimate of drug-likeness (QED) is 0.796. The van der Waals surface area contributed by atoms with Crippen LogP contribution >= 0.6 is 0 Å². The van der Waals surface area contributed by atoms with Gasteiger partial charge in [-0.2, -0.15) is 0 Å². The molecule has 1 aromatic rings. The molecule has 0 saturated carbocycles. The van der Waals surface area contributed by atoms with E-state index in [9.17, 15) is 14.4 Å². The third-order valence-electron chi connectivity index (χ3n) is 4.90. The summed E-state index contributed by atoms with van der Waals surface area (Å²) in [7, 11) is 0. The Morgan fingerprint density at radius 1 is 1.23 bits per heavy atom. The zero-order valence-corrected chi connectivity index (χ0v) is 15.2. The highest BCUT2D eigenvalue weighted by Gasteiger charge is 2.42. The summed E-state index contributed by atoms with van der Waals surface area (Å²) in [6.45, 7) is 4.81. The molecule has 0 bridgehead atoms. The Bertz CT molecular complexity index is 742. The molecule has 0 radical (unpaired) electrons. The second-order valence-electron chi connectivity index (χ2n) is 7.29. The summed E-state index contributed by atoms with van der Waals surface area (Å²) < 4.78 is 0. The number of amides is 3. The molecule has 6 heteroatoms. The summed E-state index contributed by atoms with van der Waals surface area (Å²) in [6.07, 6.45) is 5.97. The molecule has 1 aliphatic heterocycles. The van der Waals surface area contributed by atoms with Gasteiger partial charge in [0.2, 0.25) is 11.8 Å². The first-order chi connectivity index (χ1) is 12.5. The smallest absolute Gasteiger partial charge is 0.251 e. The number of benzene rings is 1. The van der Waals surface area contributed by atoms with Gasteiger partial charge >= 0.3 is 0 Å². The van der Waals surface area contributed by atoms with Crippen LogP contribution in [0.3, 0.4) is 0 Å². The highest BCUT2D eigenvalue weighted by atomic mass is 16.2. The van der Waals surface area contributed by atoms with Gasteiger partial charge in [0.15, 0.2) is 0 Å². The first-order valence-electron chi connectivity index (χ1n) is 9.15. The van der Waals surface area contributed by atoms with E-state index >= 15 is 0 Å². The maximum atomic E-state index is 12.8. The molecule has 0 unspecified atom stereocenters. The number of fused-ring (bicyclic) bond motifs is 1. The molecule has 6 nitrogen and oxygen atoms in total. The molecule has 1 heterocycles. The van der Waals surface area contributed by atoms with Crippen molar-refractivity contribution in [2.75, 3.05) is 11.6 Å². The second kappa shape index (κ2) is 7.72. The third-order valence-corrected chi connectivity index (χ3v) is 4.90. The lowest BCUT2D eigenvalue weighted by Crippen LogP contribution is -2.59. The van der Waals surface area contributed by atoms with Crippen LogP contribution in [0.25, 0.3) is 0 Å². The van der Waals surface area contributed by atoms with Crippen molar-refractivity contribution in [1.29, 1.82) is 0 Å². The fraction of sp³-hybridized carbons (Fsp3) is 0.450. The molecular weight excluding hydrogens is 330 g/mol. The van der Waals surface area contributed by atoms with Gasteiger partial charge in [-0.3, -0.25) is 19.8 Å². The average molecular weight is 355 g/mol. The van der Waals surface area contributed by atoms with Crippen LogP contribution in [0.1, 0.15) is 43.5 Å². The average Bonchev–Trinajstić information content (AvgIpc) is 2.64. The third kappa shape index (κ3) is 3.79. The van der Waals surface area contributed by atoms with E-state index in [0.29, 0.717) is 36.6 Å². The van der Waals surface area contributed by atoms with Gasteiger partial charge in [0, 0.05) is 12.1 Å². The van der Waals surface area contributed by atoms with Crippen molar-refractivity contribution < 1.29 is 14.4 Å². The normalized spacial score (nSPS) is 22.2. The maximum absolute atomic E-state index is 12.8. The monoisotopic (exact) mass is 355 g/mol. The lowest BCUT2D eigenvalue weighted by Gasteiger charge is -2.38. The van der Waals surface area contributed by atoms with Crippen LogP contribution < -0.4 is 15.8 Å². The molecule has 3 amide bonds. The molecule has 1 fully saturated rings. The van der Waals surface area contributed by atoms with Gasteiger partial charge in [0.25, 0.3) is 5.91 Å². The standard InChI is InChI=1S/C20H25N3O3/c1-13(2)10-11-21-18(24)14-6-5-7-15(12-14)23-20(26)17-9-4-3-8-16(17)19(25)22-23/h3-7,12-13,16-17H,8-11H2,1-2H3,(H,21,24)(H,22,25)/t16-,17-/m0/s1. The topological polar surface area (TPSA) is 78.5 Å². The minimum atomic E-state index is -0.336. The van der Waals surface area contributed by atoms with Gasteiger partial charge in [-0.1, -0.05) is 32.1 Å². The van der Waals surface area contributed by atoms with Crippen molar-refractivity contribution in [2.24, 2.45) is 17.8 Å². The summed E-state index contributed by atoms with van der Waals surface area (Å²) in [6, 6.07) is 6.79. The van der Waals surface area contributed by atoms with Crippen LogP contribution in [0.2, 0.25) is 0 Å². The lowest BCUT2D eigenvalue weighted by molar-refractivity contribution is -0.139. The van der Waals surface area contributed by atoms with Crippen LogP contribution in [0, 0.1) is 17.8 Å². The number of allylic oxidation sites excluding steroid dienone is 2. The van der Waals surface area contributed by atoms with Crippen molar-refractivity contribution >= 4 is 23.4 Å². The molecule has 26 heavy (non-hydrogen) atoms. The van der Waals surface area contributed by atoms with Crippen LogP contribution in [-0.4, -0.2) is 24.3 Å². The first-order valence-corrected chi connectivity index (χ1v) is 9.15. The predicted octanol–water partition coefficient (Wildman–Crippen LogP) is 2.42. The fourth-order valence-electron chi connectivity index (χ4n) is 3.35. The van der Waals surface area contributed by atoms with Crippen LogP contribution in [0.5, 0.6) is 0 Å². The summed E-state index contributed by atoms with van der Waals surface area (Å²) in [5.41, 5.74) is 3.66. The van der Waals surface area contributed by atoms with Gasteiger partial charge in [0.1, 0.15) is 0 Å². The Kier molecular flexibility index (Phi) is 5.40. The zero-order valence-electron chi connectivity index (χ0n) is 15.2. The second-order valence-corrected chi connectivity index (χ2v) is 7.29. The Labute approximate surface area is 153 Å². The van der Waals surface area contributed by atoms with Crippen molar-refractivity contribution in [2.45, 2.75) is 33.1 Å². The van der Waals surface area contributed by atoms with E-state index in [0.717, 1.165) is 6.42 Å². The molecule has 1 saturated heterocycles. The molecule has 3 rings (SSSR count). The van der Waals surface area contributed by atoms with Gasteiger partial charge in [-0.15, -0.1) is 0 Å². The molecule has 1 aliphatic carbocycles. The van der Waals surface area contributed by atoms with Crippen LogP contribution in [-0.2, 0) is 9.59 Å². The number of rotatable bonds is 5. The van der Waals surface area contributed by atoms with Crippen molar-refractivity contribution in [3.8, 4) is 0 Å². The summed E-state index contributed by atoms with van der Waals surface area (Å²) in [5.74, 6) is -0.576. The van der Waals surface area contributed by atoms with E-state index in [4.69, 9.17) is 0 Å². The Morgan fingerprint density at radius 2 is 1.96 bits per heavy atom. The van der Waals surface area contributed by atoms with E-state index in [1.165, 1.54) is 5.01 Å². The minimum absolute atomic E-state index is 0.128. The molecule has 1 aromatic carbocycles. The minimum Gasteiger partial charge on any atom is -0.352 e. The van der Waals surface area contributed by atoms with Crippen molar-refractivity contribution in [1.82, 2.24) is 10.7 Å². The lowest BCUT2D eigenvalue weighted by atomic mass is 9.80. The first kappa shape index (κ1) is 18.2. The van der Waals surface area contributed by atoms with Gasteiger partial charge in [-0.05, 0) is 43.4 Å². The molecule has 2 aliphatic rings. The van der Waals surface area contributed by atoms with Crippen LogP contribution in [0.15, 0.2) is 36.4 Å². The number of hydrogen-bond acceptors (Lipinski definition) is 3. The highest BCUT2D eigenvalue weighted by Crippen LogP contribution is 2.32. The number of hydrogen-bond donors (Lipinski definition) is 2. The number of carbonyl (C=O) groups excluding carboxylic acids is 3. The summed E-state index contributed by atoms with van der Waals surface area (Å²) >= 11 is 0. The molecule has 0 aromatic heterocycles. The maximum Gasteiger partial charge on any atom is 0.251 e. The molecule has 138 valence electrons. The van der Waals surface area contributed by atoms with E-state index in [-0.39, 0.29) is 29.6 Å². The van der Waals surface area contributed by atoms with Gasteiger partial charge in [0.05, 0.1) is 17.5 Å². The van der Waals surface area contributed by atoms with E-state index < -0.39 is 0 Å². The highest BCUT2D eigenvalue weighted by molar-refractivity contribution is 6.05. The Morgan fingerprint density at radius 3 is 2.69 bits per heavy atom. The number of carbonyl (C=O) groups is 3. The predicted molar refractivity (Wildman–Crippen MR) is 99.2 cm³/mol. The molecule has 2 N–H and O–H groups in total. The summed E-state index contributed by atoms with van der Waals surface area (Å²) in [5, 5.41) is 4.17. The number of anilines is 1. The van der Waals surface area contributed by atoms with E-state index in [2.05, 4.69) is 24.6 Å². The molecule has 0 spiro atoms. The Hall–Kier alpha value is -2.63. The molecular formula is C20H25N3O3. The van der Waals surface area contributed by atoms with Crippen molar-refractivity contribution in [3.05, 3.63) is 42.0 Å². The largest absolute Gasteiger partial charge is 0.352 e. The van der Waals surface area contributed by atoms with Gasteiger partial charge in [-0.25, -0.2) is 5.01 Å². The van der Waals surface area contributed by atoms with Crippen LogP contribution in [0.4, 0.5) is 5.69 Å². The van der Waals surface area contributed by atoms with Crippen molar-refractivity contribution in [3.63, 3.8) is 0 Å².